The Morgan fingerprint density at radius 2 is 1.07 bits per heavy atom. The van der Waals surface area contributed by atoms with Crippen LogP contribution in [0.3, 0.4) is 0 Å². The smallest absolute Gasteiger partial charge is 0.244 e. The first-order valence-corrected chi connectivity index (χ1v) is 13.3. The van der Waals surface area contributed by atoms with E-state index in [2.05, 4.69) is 40.6 Å². The van der Waals surface area contributed by atoms with E-state index in [1.165, 1.54) is 0 Å². The molecule has 2 aliphatic heterocycles. The lowest BCUT2D eigenvalue weighted by Crippen LogP contribution is -2.22. The van der Waals surface area contributed by atoms with Gasteiger partial charge in [0, 0.05) is 35.3 Å². The summed E-state index contributed by atoms with van der Waals surface area (Å²) < 4.78 is 11.1. The highest BCUT2D eigenvalue weighted by atomic mass is 35.5. The SMILES string of the molecule is COc1nc(-c2cccc(-c3cccc(-c4cnc(C5=NCCN5)c(OC)n4)c3Cl)c2Cl)cnc1C1=NCCN1. The molecule has 2 aromatic carbocycles. The second-order valence-electron chi connectivity index (χ2n) is 8.87. The van der Waals surface area contributed by atoms with E-state index >= 15 is 0 Å². The van der Waals surface area contributed by atoms with Crippen LogP contribution in [-0.4, -0.2) is 72.0 Å². The van der Waals surface area contributed by atoms with Gasteiger partial charge < -0.3 is 20.1 Å². The summed E-state index contributed by atoms with van der Waals surface area (Å²) >= 11 is 14.0. The summed E-state index contributed by atoms with van der Waals surface area (Å²) in [5.41, 5.74) is 5.10. The Kier molecular flexibility index (Phi) is 7.19. The minimum Gasteiger partial charge on any atom is -0.479 e. The molecule has 4 aromatic rings. The summed E-state index contributed by atoms with van der Waals surface area (Å²) in [6, 6.07) is 11.4. The van der Waals surface area contributed by atoms with Crippen molar-refractivity contribution in [3.05, 3.63) is 70.2 Å². The molecule has 2 aliphatic rings. The molecule has 0 amide bonds. The molecule has 4 heterocycles. The lowest BCUT2D eigenvalue weighted by molar-refractivity contribution is 0.395. The van der Waals surface area contributed by atoms with Crippen LogP contribution < -0.4 is 20.1 Å². The van der Waals surface area contributed by atoms with Gasteiger partial charge in [-0.2, -0.15) is 0 Å². The van der Waals surface area contributed by atoms with Crippen LogP contribution >= 0.6 is 23.2 Å². The summed E-state index contributed by atoms with van der Waals surface area (Å²) in [6.45, 7) is 2.88. The minimum absolute atomic E-state index is 0.363. The van der Waals surface area contributed by atoms with Crippen molar-refractivity contribution in [1.82, 2.24) is 30.6 Å². The number of aromatic nitrogens is 4. The van der Waals surface area contributed by atoms with Crippen molar-refractivity contribution in [2.24, 2.45) is 9.98 Å². The Hall–Kier alpha value is -4.28. The first-order chi connectivity index (χ1) is 19.6. The number of rotatable bonds is 7. The van der Waals surface area contributed by atoms with Gasteiger partial charge in [0.25, 0.3) is 0 Å². The van der Waals surface area contributed by atoms with Gasteiger partial charge in [-0.15, -0.1) is 0 Å². The van der Waals surface area contributed by atoms with Gasteiger partial charge in [0.1, 0.15) is 0 Å². The van der Waals surface area contributed by atoms with E-state index in [-0.39, 0.29) is 0 Å². The van der Waals surface area contributed by atoms with Gasteiger partial charge in [0.05, 0.1) is 61.1 Å². The van der Waals surface area contributed by atoms with E-state index < -0.39 is 0 Å². The number of benzene rings is 2. The van der Waals surface area contributed by atoms with E-state index in [1.807, 2.05) is 36.4 Å². The van der Waals surface area contributed by atoms with Crippen molar-refractivity contribution in [2.75, 3.05) is 40.4 Å². The number of aliphatic imine (C=N–C) groups is 2. The molecule has 10 nitrogen and oxygen atoms in total. The van der Waals surface area contributed by atoms with Crippen LogP contribution in [0.15, 0.2) is 58.8 Å². The summed E-state index contributed by atoms with van der Waals surface area (Å²) in [5.74, 6) is 2.06. The van der Waals surface area contributed by atoms with Crippen molar-refractivity contribution in [3.63, 3.8) is 0 Å². The number of ether oxygens (including phenoxy) is 2. The van der Waals surface area contributed by atoms with Crippen LogP contribution in [0, 0.1) is 0 Å². The molecule has 0 saturated carbocycles. The van der Waals surface area contributed by atoms with Crippen LogP contribution in [0.2, 0.25) is 10.0 Å². The molecule has 0 unspecified atom stereocenters. The maximum atomic E-state index is 6.98. The summed E-state index contributed by atoms with van der Waals surface area (Å²) in [5, 5.41) is 7.35. The highest BCUT2D eigenvalue weighted by molar-refractivity contribution is 6.39. The molecule has 0 fully saturated rings. The third-order valence-electron chi connectivity index (χ3n) is 6.50. The van der Waals surface area contributed by atoms with Crippen LogP contribution in [0.1, 0.15) is 11.4 Å². The van der Waals surface area contributed by atoms with Gasteiger partial charge >= 0.3 is 0 Å². The number of halogens is 2. The average Bonchev–Trinajstić information content (AvgIpc) is 3.72. The fourth-order valence-electron chi connectivity index (χ4n) is 4.60. The molecule has 2 aromatic heterocycles. The zero-order valence-corrected chi connectivity index (χ0v) is 23.2. The molecule has 12 heteroatoms. The van der Waals surface area contributed by atoms with Crippen LogP contribution in [0.25, 0.3) is 33.6 Å². The molecule has 0 aliphatic carbocycles. The summed E-state index contributed by atoms with van der Waals surface area (Å²) in [6.07, 6.45) is 3.33. The highest BCUT2D eigenvalue weighted by Crippen LogP contribution is 2.42. The first-order valence-electron chi connectivity index (χ1n) is 12.6. The molecule has 40 heavy (non-hydrogen) atoms. The Morgan fingerprint density at radius 1 is 0.650 bits per heavy atom. The van der Waals surface area contributed by atoms with Gasteiger partial charge in [-0.1, -0.05) is 59.6 Å². The van der Waals surface area contributed by atoms with Gasteiger partial charge in [0.2, 0.25) is 11.8 Å². The second kappa shape index (κ2) is 11.1. The van der Waals surface area contributed by atoms with E-state index in [1.54, 1.807) is 26.6 Å². The van der Waals surface area contributed by atoms with Crippen molar-refractivity contribution in [3.8, 4) is 45.4 Å². The monoisotopic (exact) mass is 574 g/mol. The van der Waals surface area contributed by atoms with Crippen LogP contribution in [0.4, 0.5) is 0 Å². The zero-order chi connectivity index (χ0) is 27.6. The van der Waals surface area contributed by atoms with E-state index in [0.717, 1.165) is 24.2 Å². The standard InChI is InChI=1S/C28H24Cl2N8O2/c1-39-27-23(25-31-9-10-32-25)35-13-19(37-27)17-7-3-5-15(21(17)29)16-6-4-8-18(22(16)30)20-14-36-24(28(38-20)40-2)26-33-11-12-34-26/h3-8,13-14H,9-12H2,1-2H3,(H,31,32)(H,33,34). The predicted octanol–water partition coefficient (Wildman–Crippen LogP) is 4.29. The number of amidine groups is 2. The molecule has 0 bridgehead atoms. The molecule has 202 valence electrons. The third kappa shape index (κ3) is 4.69. The van der Waals surface area contributed by atoms with Crippen molar-refractivity contribution in [1.29, 1.82) is 0 Å². The van der Waals surface area contributed by atoms with Crippen molar-refractivity contribution < 1.29 is 9.47 Å². The average molecular weight is 575 g/mol. The molecule has 0 saturated heterocycles. The van der Waals surface area contributed by atoms with Crippen molar-refractivity contribution >= 4 is 34.9 Å². The third-order valence-corrected chi connectivity index (χ3v) is 7.32. The Morgan fingerprint density at radius 3 is 1.45 bits per heavy atom. The maximum absolute atomic E-state index is 6.98. The first kappa shape index (κ1) is 26.0. The fraction of sp³-hybridized carbons (Fsp3) is 0.214. The molecule has 0 radical (unpaired) electrons. The predicted molar refractivity (Wildman–Crippen MR) is 156 cm³/mol. The lowest BCUT2D eigenvalue weighted by Gasteiger charge is -2.15. The maximum Gasteiger partial charge on any atom is 0.244 e. The molecule has 0 atom stereocenters. The van der Waals surface area contributed by atoms with Crippen molar-refractivity contribution in [2.45, 2.75) is 0 Å². The van der Waals surface area contributed by atoms with Gasteiger partial charge in [-0.05, 0) is 0 Å². The normalized spacial score (nSPS) is 14.3. The molecular weight excluding hydrogens is 551 g/mol. The number of hydrogen-bond donors (Lipinski definition) is 2. The quantitative estimate of drug-likeness (QED) is 0.335. The van der Waals surface area contributed by atoms with E-state index in [4.69, 9.17) is 32.7 Å². The van der Waals surface area contributed by atoms with Gasteiger partial charge in [-0.25, -0.2) is 19.9 Å². The molecular formula is C28H24Cl2N8O2. The molecule has 0 spiro atoms. The lowest BCUT2D eigenvalue weighted by atomic mass is 9.98. The minimum atomic E-state index is 0.363. The summed E-state index contributed by atoms with van der Waals surface area (Å²) in [7, 11) is 3.11. The highest BCUT2D eigenvalue weighted by Gasteiger charge is 2.22. The van der Waals surface area contributed by atoms with Crippen LogP contribution in [0.5, 0.6) is 11.8 Å². The number of methoxy groups -OCH3 is 2. The Labute approximate surface area is 240 Å². The number of nitrogens with zero attached hydrogens (tertiary/aromatic N) is 6. The zero-order valence-electron chi connectivity index (χ0n) is 21.7. The van der Waals surface area contributed by atoms with Crippen LogP contribution in [-0.2, 0) is 0 Å². The largest absolute Gasteiger partial charge is 0.479 e. The molecule has 6 rings (SSSR count). The Balaban J connectivity index is 1.39. The number of hydrogen-bond acceptors (Lipinski definition) is 10. The second-order valence-corrected chi connectivity index (χ2v) is 9.63. The van der Waals surface area contributed by atoms with Gasteiger partial charge in [0.15, 0.2) is 23.1 Å². The fourth-order valence-corrected chi connectivity index (χ4v) is 5.25. The summed E-state index contributed by atoms with van der Waals surface area (Å²) in [4.78, 5) is 27.3. The van der Waals surface area contributed by atoms with E-state index in [0.29, 0.717) is 80.5 Å². The Bertz CT molecular complexity index is 1550. The topological polar surface area (TPSA) is 119 Å². The number of nitrogens with one attached hydrogen (secondary N) is 2. The molecule has 2 N–H and O–H groups in total. The van der Waals surface area contributed by atoms with E-state index in [9.17, 15) is 0 Å². The van der Waals surface area contributed by atoms with Gasteiger partial charge in [-0.3, -0.25) is 9.98 Å².